The van der Waals surface area contributed by atoms with Gasteiger partial charge >= 0.3 is 5.97 Å². The Morgan fingerprint density at radius 1 is 1.48 bits per heavy atom. The number of carbonyl (C=O) groups is 1. The summed E-state index contributed by atoms with van der Waals surface area (Å²) in [4.78, 5) is 11.0. The molecule has 0 saturated heterocycles. The molecule has 2 rings (SSSR count). The molecule has 1 unspecified atom stereocenters. The molecule has 1 atom stereocenters. The number of fused-ring (bicyclic) bond motifs is 1. The summed E-state index contributed by atoms with van der Waals surface area (Å²) in [6.45, 7) is 6.49. The van der Waals surface area contributed by atoms with Crippen LogP contribution in [0.5, 0.6) is 11.5 Å². The largest absolute Gasteiger partial charge is 0.490 e. The van der Waals surface area contributed by atoms with Gasteiger partial charge in [0.2, 0.25) is 0 Å². The molecule has 0 fully saturated rings. The van der Waals surface area contributed by atoms with Crippen molar-refractivity contribution in [2.24, 2.45) is 0 Å². The molecular weight excluding hydrogens is 272 g/mol. The number of para-hydroxylation sites is 1. The molecule has 1 aromatic rings. The second kappa shape index (κ2) is 6.35. The molecule has 1 aliphatic heterocycles. The third kappa shape index (κ3) is 3.88. The van der Waals surface area contributed by atoms with E-state index in [1.807, 2.05) is 32.0 Å². The lowest BCUT2D eigenvalue weighted by atomic mass is 10.0. The van der Waals surface area contributed by atoms with E-state index in [0.717, 1.165) is 17.7 Å². The van der Waals surface area contributed by atoms with Gasteiger partial charge in [-0.2, -0.15) is 0 Å². The molecule has 1 aromatic carbocycles. The summed E-state index contributed by atoms with van der Waals surface area (Å²) in [5, 5.41) is 9.02. The van der Waals surface area contributed by atoms with Crippen molar-refractivity contribution in [3.63, 3.8) is 0 Å². The summed E-state index contributed by atoms with van der Waals surface area (Å²) >= 11 is 0. The van der Waals surface area contributed by atoms with Gasteiger partial charge in [0.1, 0.15) is 5.60 Å². The SMILES string of the molecule is CCOC(CCOc1cccc2c1OC(C)(C)C2)C(=O)O. The van der Waals surface area contributed by atoms with Gasteiger partial charge in [0.05, 0.1) is 6.61 Å². The Morgan fingerprint density at radius 3 is 2.90 bits per heavy atom. The number of rotatable bonds is 7. The molecule has 0 saturated carbocycles. The summed E-state index contributed by atoms with van der Waals surface area (Å²) in [5.41, 5.74) is 0.897. The Kier molecular flexibility index (Phi) is 4.73. The van der Waals surface area contributed by atoms with Crippen LogP contribution in [0, 0.1) is 0 Å². The minimum Gasteiger partial charge on any atom is -0.490 e. The molecular formula is C16H22O5. The van der Waals surface area contributed by atoms with Gasteiger partial charge < -0.3 is 19.3 Å². The fourth-order valence-electron chi connectivity index (χ4n) is 2.46. The second-order valence-corrected chi connectivity index (χ2v) is 5.70. The van der Waals surface area contributed by atoms with Crippen molar-refractivity contribution >= 4 is 5.97 Å². The fourth-order valence-corrected chi connectivity index (χ4v) is 2.46. The maximum absolute atomic E-state index is 11.0. The highest BCUT2D eigenvalue weighted by Crippen LogP contribution is 2.41. The van der Waals surface area contributed by atoms with Gasteiger partial charge in [0.15, 0.2) is 17.6 Å². The number of benzene rings is 1. The third-order valence-electron chi connectivity index (χ3n) is 3.34. The van der Waals surface area contributed by atoms with Crippen LogP contribution in [0.25, 0.3) is 0 Å². The summed E-state index contributed by atoms with van der Waals surface area (Å²) in [6.07, 6.45) is 0.316. The molecule has 1 heterocycles. The molecule has 0 radical (unpaired) electrons. The highest BCUT2D eigenvalue weighted by atomic mass is 16.5. The lowest BCUT2D eigenvalue weighted by Gasteiger charge is -2.18. The van der Waals surface area contributed by atoms with Crippen LogP contribution in [-0.4, -0.2) is 36.0 Å². The highest BCUT2D eigenvalue weighted by Gasteiger charge is 2.32. The minimum absolute atomic E-state index is 0.225. The molecule has 1 aliphatic rings. The lowest BCUT2D eigenvalue weighted by Crippen LogP contribution is -2.26. The molecule has 0 aliphatic carbocycles. The molecule has 0 aromatic heterocycles. The van der Waals surface area contributed by atoms with E-state index in [2.05, 4.69) is 0 Å². The Morgan fingerprint density at radius 2 is 2.24 bits per heavy atom. The number of aliphatic carboxylic acids is 1. The van der Waals surface area contributed by atoms with E-state index in [9.17, 15) is 4.79 Å². The van der Waals surface area contributed by atoms with Gasteiger partial charge in [-0.1, -0.05) is 12.1 Å². The molecule has 1 N–H and O–H groups in total. The van der Waals surface area contributed by atoms with E-state index >= 15 is 0 Å². The zero-order valence-electron chi connectivity index (χ0n) is 12.7. The smallest absolute Gasteiger partial charge is 0.332 e. The summed E-state index contributed by atoms with van der Waals surface area (Å²) in [7, 11) is 0. The van der Waals surface area contributed by atoms with Gasteiger partial charge in [0, 0.05) is 25.0 Å². The number of carboxylic acids is 1. The van der Waals surface area contributed by atoms with E-state index in [1.165, 1.54) is 0 Å². The predicted molar refractivity (Wildman–Crippen MR) is 78.0 cm³/mol. The molecule has 0 bridgehead atoms. The van der Waals surface area contributed by atoms with Crippen molar-refractivity contribution in [3.8, 4) is 11.5 Å². The maximum atomic E-state index is 11.0. The van der Waals surface area contributed by atoms with E-state index in [4.69, 9.17) is 19.3 Å². The van der Waals surface area contributed by atoms with E-state index < -0.39 is 12.1 Å². The fraction of sp³-hybridized carbons (Fsp3) is 0.562. The first kappa shape index (κ1) is 15.6. The molecule has 0 spiro atoms. The van der Waals surface area contributed by atoms with Gasteiger partial charge in [-0.05, 0) is 26.8 Å². The summed E-state index contributed by atoms with van der Waals surface area (Å²) in [6, 6.07) is 5.80. The van der Waals surface area contributed by atoms with E-state index in [-0.39, 0.29) is 12.2 Å². The molecule has 5 nitrogen and oxygen atoms in total. The van der Waals surface area contributed by atoms with E-state index in [1.54, 1.807) is 6.92 Å². The van der Waals surface area contributed by atoms with Crippen LogP contribution in [0.1, 0.15) is 32.8 Å². The van der Waals surface area contributed by atoms with Crippen LogP contribution >= 0.6 is 0 Å². The topological polar surface area (TPSA) is 65.0 Å². The Balaban J connectivity index is 1.96. The predicted octanol–water partition coefficient (Wildman–Crippen LogP) is 2.66. The Hall–Kier alpha value is -1.75. The molecule has 21 heavy (non-hydrogen) atoms. The van der Waals surface area contributed by atoms with Crippen molar-refractivity contribution in [3.05, 3.63) is 23.8 Å². The molecule has 116 valence electrons. The van der Waals surface area contributed by atoms with Gasteiger partial charge in [-0.3, -0.25) is 0 Å². The third-order valence-corrected chi connectivity index (χ3v) is 3.34. The highest BCUT2D eigenvalue weighted by molar-refractivity contribution is 5.72. The van der Waals surface area contributed by atoms with Crippen LogP contribution in [0.4, 0.5) is 0 Å². The second-order valence-electron chi connectivity index (χ2n) is 5.70. The Bertz CT molecular complexity index is 509. The van der Waals surface area contributed by atoms with Crippen LogP contribution in [-0.2, 0) is 16.0 Å². The summed E-state index contributed by atoms with van der Waals surface area (Å²) < 4.78 is 16.8. The van der Waals surface area contributed by atoms with Crippen molar-refractivity contribution in [2.75, 3.05) is 13.2 Å². The lowest BCUT2D eigenvalue weighted by molar-refractivity contribution is -0.150. The van der Waals surface area contributed by atoms with Gasteiger partial charge in [-0.25, -0.2) is 4.79 Å². The quantitative estimate of drug-likeness (QED) is 0.837. The van der Waals surface area contributed by atoms with Crippen LogP contribution in [0.15, 0.2) is 18.2 Å². The van der Waals surface area contributed by atoms with Crippen LogP contribution in [0.2, 0.25) is 0 Å². The van der Waals surface area contributed by atoms with Crippen molar-refractivity contribution in [2.45, 2.75) is 45.3 Å². The van der Waals surface area contributed by atoms with E-state index in [0.29, 0.717) is 18.8 Å². The first-order valence-electron chi connectivity index (χ1n) is 7.21. The average molecular weight is 294 g/mol. The normalized spacial score (nSPS) is 16.9. The zero-order chi connectivity index (χ0) is 15.5. The van der Waals surface area contributed by atoms with Crippen molar-refractivity contribution in [1.29, 1.82) is 0 Å². The van der Waals surface area contributed by atoms with Gasteiger partial charge in [-0.15, -0.1) is 0 Å². The first-order valence-corrected chi connectivity index (χ1v) is 7.21. The van der Waals surface area contributed by atoms with Gasteiger partial charge in [0.25, 0.3) is 0 Å². The maximum Gasteiger partial charge on any atom is 0.332 e. The molecule has 0 amide bonds. The van der Waals surface area contributed by atoms with Crippen molar-refractivity contribution in [1.82, 2.24) is 0 Å². The van der Waals surface area contributed by atoms with Crippen molar-refractivity contribution < 1.29 is 24.1 Å². The standard InChI is InChI=1S/C16H22O5/c1-4-19-13(15(17)18)8-9-20-12-7-5-6-11-10-16(2,3)21-14(11)12/h5-7,13H,4,8-10H2,1-3H3,(H,17,18). The minimum atomic E-state index is -0.962. The van der Waals surface area contributed by atoms with Crippen LogP contribution < -0.4 is 9.47 Å². The zero-order valence-corrected chi connectivity index (χ0v) is 12.7. The first-order chi connectivity index (χ1) is 9.93. The van der Waals surface area contributed by atoms with Crippen LogP contribution in [0.3, 0.4) is 0 Å². The number of hydrogen-bond donors (Lipinski definition) is 1. The monoisotopic (exact) mass is 294 g/mol. The number of ether oxygens (including phenoxy) is 3. The average Bonchev–Trinajstić information content (AvgIpc) is 2.72. The summed E-state index contributed by atoms with van der Waals surface area (Å²) in [5.74, 6) is 0.473. The molecule has 5 heteroatoms. The Labute approximate surface area is 124 Å². The number of carboxylic acid groups (broad SMARTS) is 1. The number of hydrogen-bond acceptors (Lipinski definition) is 4.